The summed E-state index contributed by atoms with van der Waals surface area (Å²) in [6.07, 6.45) is 4.47. The minimum Gasteiger partial charge on any atom is -0.338 e. The number of thiophene rings is 1. The van der Waals surface area contributed by atoms with Crippen molar-refractivity contribution in [2.45, 2.75) is 39.5 Å². The van der Waals surface area contributed by atoms with E-state index in [0.29, 0.717) is 0 Å². The predicted molar refractivity (Wildman–Crippen MR) is 70.0 cm³/mol. The number of hydrogen-bond acceptors (Lipinski definition) is 2. The van der Waals surface area contributed by atoms with Crippen LogP contribution in [-0.4, -0.2) is 23.9 Å². The van der Waals surface area contributed by atoms with Gasteiger partial charge < -0.3 is 4.90 Å². The van der Waals surface area contributed by atoms with Crippen molar-refractivity contribution in [3.8, 4) is 0 Å². The van der Waals surface area contributed by atoms with Crippen LogP contribution in [-0.2, 0) is 0 Å². The van der Waals surface area contributed by atoms with Crippen molar-refractivity contribution < 1.29 is 4.79 Å². The van der Waals surface area contributed by atoms with Crippen LogP contribution in [0, 0.1) is 0 Å². The van der Waals surface area contributed by atoms with Gasteiger partial charge in [-0.2, -0.15) is 0 Å². The van der Waals surface area contributed by atoms with Crippen molar-refractivity contribution in [3.63, 3.8) is 0 Å². The summed E-state index contributed by atoms with van der Waals surface area (Å²) in [4.78, 5) is 15.0. The first-order valence-corrected chi connectivity index (χ1v) is 7.00. The van der Waals surface area contributed by atoms with Crippen LogP contribution in [0.3, 0.4) is 0 Å². The lowest BCUT2D eigenvalue weighted by atomic mass is 10.2. The van der Waals surface area contributed by atoms with Crippen molar-refractivity contribution >= 4 is 17.2 Å². The fourth-order valence-electron chi connectivity index (χ4n) is 1.57. The van der Waals surface area contributed by atoms with E-state index in [2.05, 4.69) is 13.8 Å². The summed E-state index contributed by atoms with van der Waals surface area (Å²) in [5.41, 5.74) is 0. The van der Waals surface area contributed by atoms with E-state index in [1.54, 1.807) is 0 Å². The topological polar surface area (TPSA) is 20.3 Å². The highest BCUT2D eigenvalue weighted by Crippen LogP contribution is 2.13. The van der Waals surface area contributed by atoms with Crippen LogP contribution in [0.25, 0.3) is 0 Å². The molecule has 3 heteroatoms. The molecule has 0 fully saturated rings. The molecular weight excluding hydrogens is 218 g/mol. The van der Waals surface area contributed by atoms with E-state index in [-0.39, 0.29) is 5.91 Å². The number of hydrogen-bond donors (Lipinski definition) is 0. The Hall–Kier alpha value is -0.830. The largest absolute Gasteiger partial charge is 0.338 e. The normalized spacial score (nSPS) is 10.4. The van der Waals surface area contributed by atoms with Crippen LogP contribution in [0.1, 0.15) is 49.2 Å². The maximum Gasteiger partial charge on any atom is 0.263 e. The van der Waals surface area contributed by atoms with E-state index < -0.39 is 0 Å². The molecule has 0 spiro atoms. The van der Waals surface area contributed by atoms with Gasteiger partial charge >= 0.3 is 0 Å². The van der Waals surface area contributed by atoms with Crippen molar-refractivity contribution in [1.82, 2.24) is 4.90 Å². The smallest absolute Gasteiger partial charge is 0.263 e. The zero-order valence-corrected chi connectivity index (χ0v) is 11.1. The third-order valence-corrected chi connectivity index (χ3v) is 3.44. The quantitative estimate of drug-likeness (QED) is 0.709. The van der Waals surface area contributed by atoms with Crippen LogP contribution in [0.4, 0.5) is 0 Å². The van der Waals surface area contributed by atoms with Gasteiger partial charge in [0.25, 0.3) is 5.91 Å². The molecule has 1 heterocycles. The second-order valence-corrected chi connectivity index (χ2v) is 4.92. The number of unbranched alkanes of at least 4 members (excludes halogenated alkanes) is 2. The van der Waals surface area contributed by atoms with E-state index in [0.717, 1.165) is 43.6 Å². The third-order valence-electron chi connectivity index (χ3n) is 2.58. The van der Waals surface area contributed by atoms with Gasteiger partial charge in [-0.25, -0.2) is 0 Å². The van der Waals surface area contributed by atoms with Gasteiger partial charge in [-0.3, -0.25) is 4.79 Å². The lowest BCUT2D eigenvalue weighted by molar-refractivity contribution is 0.0756. The molecule has 1 rings (SSSR count). The van der Waals surface area contributed by atoms with Gasteiger partial charge in [-0.05, 0) is 24.3 Å². The molecule has 0 aliphatic carbocycles. The molecule has 0 atom stereocenters. The Morgan fingerprint density at radius 2 is 1.88 bits per heavy atom. The Balaban J connectivity index is 2.56. The Morgan fingerprint density at radius 1 is 1.25 bits per heavy atom. The minimum atomic E-state index is 0.205. The Morgan fingerprint density at radius 3 is 2.31 bits per heavy atom. The molecule has 0 unspecified atom stereocenters. The second kappa shape index (κ2) is 7.44. The number of rotatable bonds is 7. The molecule has 0 aliphatic rings. The first kappa shape index (κ1) is 13.2. The molecule has 90 valence electrons. The summed E-state index contributed by atoms with van der Waals surface area (Å²) in [7, 11) is 0. The first-order valence-electron chi connectivity index (χ1n) is 6.12. The Labute approximate surface area is 102 Å². The van der Waals surface area contributed by atoms with Crippen LogP contribution in [0.2, 0.25) is 0 Å². The highest BCUT2D eigenvalue weighted by atomic mass is 32.1. The highest BCUT2D eigenvalue weighted by Gasteiger charge is 2.15. The van der Waals surface area contributed by atoms with E-state index >= 15 is 0 Å². The van der Waals surface area contributed by atoms with Gasteiger partial charge in [0.1, 0.15) is 0 Å². The minimum absolute atomic E-state index is 0.205. The summed E-state index contributed by atoms with van der Waals surface area (Å²) in [6.45, 7) is 6.11. The van der Waals surface area contributed by atoms with Gasteiger partial charge in [0, 0.05) is 13.1 Å². The molecule has 1 aromatic heterocycles. The summed E-state index contributed by atoms with van der Waals surface area (Å²) in [5, 5.41) is 1.96. The molecule has 0 saturated carbocycles. The number of carbonyl (C=O) groups is 1. The zero-order valence-electron chi connectivity index (χ0n) is 10.2. The van der Waals surface area contributed by atoms with Crippen LogP contribution in [0.15, 0.2) is 17.5 Å². The molecule has 0 saturated heterocycles. The third kappa shape index (κ3) is 3.97. The molecule has 16 heavy (non-hydrogen) atoms. The number of amides is 1. The average Bonchev–Trinajstić information content (AvgIpc) is 2.82. The standard InChI is InChI=1S/C13H21NOS/c1-3-5-9-14(10-6-4-2)13(15)12-8-7-11-16-12/h7-8,11H,3-6,9-10H2,1-2H3. The van der Waals surface area contributed by atoms with Gasteiger partial charge in [-0.15, -0.1) is 11.3 Å². The Bertz CT molecular complexity index is 287. The summed E-state index contributed by atoms with van der Waals surface area (Å²) >= 11 is 1.54. The molecule has 0 radical (unpaired) electrons. The molecule has 0 bridgehead atoms. The van der Waals surface area contributed by atoms with Crippen LogP contribution < -0.4 is 0 Å². The van der Waals surface area contributed by atoms with Gasteiger partial charge in [-0.1, -0.05) is 32.8 Å². The fraction of sp³-hybridized carbons (Fsp3) is 0.615. The SMILES string of the molecule is CCCCN(CCCC)C(=O)c1cccs1. The first-order chi connectivity index (χ1) is 7.79. The molecule has 0 N–H and O–H groups in total. The lowest BCUT2D eigenvalue weighted by Crippen LogP contribution is -2.32. The van der Waals surface area contributed by atoms with E-state index in [4.69, 9.17) is 0 Å². The molecule has 1 amide bonds. The molecular formula is C13H21NOS. The van der Waals surface area contributed by atoms with Crippen molar-refractivity contribution in [2.75, 3.05) is 13.1 Å². The number of carbonyl (C=O) groups excluding carboxylic acids is 1. The predicted octanol–water partition coefficient (Wildman–Crippen LogP) is 3.79. The molecule has 0 aliphatic heterocycles. The summed E-state index contributed by atoms with van der Waals surface area (Å²) in [5.74, 6) is 0.205. The zero-order chi connectivity index (χ0) is 11.8. The van der Waals surface area contributed by atoms with Crippen molar-refractivity contribution in [2.24, 2.45) is 0 Å². The molecule has 1 aromatic rings. The van der Waals surface area contributed by atoms with Gasteiger partial charge in [0.05, 0.1) is 4.88 Å². The maximum atomic E-state index is 12.2. The fourth-order valence-corrected chi connectivity index (χ4v) is 2.26. The summed E-state index contributed by atoms with van der Waals surface area (Å²) in [6, 6.07) is 3.85. The summed E-state index contributed by atoms with van der Waals surface area (Å²) < 4.78 is 0. The average molecular weight is 239 g/mol. The van der Waals surface area contributed by atoms with Crippen molar-refractivity contribution in [3.05, 3.63) is 22.4 Å². The Kier molecular flexibility index (Phi) is 6.16. The van der Waals surface area contributed by atoms with Crippen LogP contribution >= 0.6 is 11.3 Å². The van der Waals surface area contributed by atoms with Crippen molar-refractivity contribution in [1.29, 1.82) is 0 Å². The van der Waals surface area contributed by atoms with Gasteiger partial charge in [0.15, 0.2) is 0 Å². The van der Waals surface area contributed by atoms with E-state index in [9.17, 15) is 4.79 Å². The monoisotopic (exact) mass is 239 g/mol. The molecule has 2 nitrogen and oxygen atoms in total. The maximum absolute atomic E-state index is 12.2. The van der Waals surface area contributed by atoms with E-state index in [1.807, 2.05) is 22.4 Å². The number of nitrogens with zero attached hydrogens (tertiary/aromatic N) is 1. The van der Waals surface area contributed by atoms with Crippen LogP contribution in [0.5, 0.6) is 0 Å². The van der Waals surface area contributed by atoms with Gasteiger partial charge in [0.2, 0.25) is 0 Å². The molecule has 0 aromatic carbocycles. The van der Waals surface area contributed by atoms with E-state index in [1.165, 1.54) is 11.3 Å². The lowest BCUT2D eigenvalue weighted by Gasteiger charge is -2.21. The highest BCUT2D eigenvalue weighted by molar-refractivity contribution is 7.12. The second-order valence-electron chi connectivity index (χ2n) is 3.98.